The first-order valence-corrected chi connectivity index (χ1v) is 8.48. The Morgan fingerprint density at radius 1 is 1.35 bits per heavy atom. The Kier molecular flexibility index (Phi) is 5.01. The molecule has 1 unspecified atom stereocenters. The third kappa shape index (κ3) is 4.47. The minimum absolute atomic E-state index is 0.106. The molecule has 0 radical (unpaired) electrons. The third-order valence-corrected chi connectivity index (χ3v) is 4.50. The fourth-order valence-electron chi connectivity index (χ4n) is 2.51. The lowest BCUT2D eigenvalue weighted by Crippen LogP contribution is -2.37. The van der Waals surface area contributed by atoms with E-state index in [1.165, 1.54) is 25.0 Å². The third-order valence-electron chi connectivity index (χ3n) is 3.57. The first-order valence-electron chi connectivity index (χ1n) is 6.93. The smallest absolute Gasteiger partial charge is 0.238 e. The van der Waals surface area contributed by atoms with Gasteiger partial charge in [-0.1, -0.05) is 6.92 Å². The van der Waals surface area contributed by atoms with Crippen molar-refractivity contribution in [2.75, 3.05) is 26.2 Å². The zero-order valence-electron chi connectivity index (χ0n) is 11.8. The van der Waals surface area contributed by atoms with E-state index in [0.717, 1.165) is 25.6 Å². The van der Waals surface area contributed by atoms with Gasteiger partial charge in [0.05, 0.1) is 4.90 Å². The molecule has 1 heterocycles. The summed E-state index contributed by atoms with van der Waals surface area (Å²) in [6.07, 6.45) is 2.57. The average molecular weight is 298 g/mol. The summed E-state index contributed by atoms with van der Waals surface area (Å²) in [5.74, 6) is 1.43. The van der Waals surface area contributed by atoms with Crippen LogP contribution in [-0.4, -0.2) is 39.6 Å². The average Bonchev–Trinajstić information content (AvgIpc) is 2.38. The largest absolute Gasteiger partial charge is 0.492 e. The second kappa shape index (κ2) is 6.56. The van der Waals surface area contributed by atoms with Crippen LogP contribution in [0, 0.1) is 5.92 Å². The predicted molar refractivity (Wildman–Crippen MR) is 78.1 cm³/mol. The van der Waals surface area contributed by atoms with Crippen molar-refractivity contribution in [1.29, 1.82) is 0 Å². The number of benzene rings is 1. The summed E-state index contributed by atoms with van der Waals surface area (Å²) in [5.41, 5.74) is 0. The minimum Gasteiger partial charge on any atom is -0.492 e. The van der Waals surface area contributed by atoms with Crippen molar-refractivity contribution >= 4 is 10.0 Å². The summed E-state index contributed by atoms with van der Waals surface area (Å²) in [4.78, 5) is 2.52. The second-order valence-corrected chi connectivity index (χ2v) is 6.97. The van der Waals surface area contributed by atoms with E-state index in [-0.39, 0.29) is 4.90 Å². The summed E-state index contributed by atoms with van der Waals surface area (Å²) >= 11 is 0. The van der Waals surface area contributed by atoms with Crippen LogP contribution in [0.2, 0.25) is 0 Å². The van der Waals surface area contributed by atoms with Crippen LogP contribution in [0.3, 0.4) is 0 Å². The number of nitrogens with two attached hydrogens (primary N) is 1. The van der Waals surface area contributed by atoms with Gasteiger partial charge in [0.15, 0.2) is 0 Å². The SMILES string of the molecule is CC1CCCN(CCOc2ccc(S(N)(=O)=O)cc2)C1. The van der Waals surface area contributed by atoms with Crippen molar-refractivity contribution in [3.63, 3.8) is 0 Å². The number of sulfonamides is 1. The Hall–Kier alpha value is -1.11. The highest BCUT2D eigenvalue weighted by molar-refractivity contribution is 7.89. The molecular formula is C14H22N2O3S. The molecular weight excluding hydrogens is 276 g/mol. The fourth-order valence-corrected chi connectivity index (χ4v) is 3.02. The first kappa shape index (κ1) is 15.3. The van der Waals surface area contributed by atoms with E-state index in [4.69, 9.17) is 9.88 Å². The molecule has 0 spiro atoms. The molecule has 2 rings (SSSR count). The molecule has 0 amide bonds. The van der Waals surface area contributed by atoms with Gasteiger partial charge in [0, 0.05) is 13.1 Å². The molecule has 0 aliphatic carbocycles. The lowest BCUT2D eigenvalue weighted by molar-refractivity contribution is 0.153. The van der Waals surface area contributed by atoms with Crippen molar-refractivity contribution in [1.82, 2.24) is 4.90 Å². The topological polar surface area (TPSA) is 72.6 Å². The van der Waals surface area contributed by atoms with E-state index in [9.17, 15) is 8.42 Å². The molecule has 1 aliphatic heterocycles. The Morgan fingerprint density at radius 3 is 2.65 bits per heavy atom. The molecule has 0 saturated carbocycles. The second-order valence-electron chi connectivity index (χ2n) is 5.41. The van der Waals surface area contributed by atoms with E-state index in [0.29, 0.717) is 12.4 Å². The molecule has 2 N–H and O–H groups in total. The van der Waals surface area contributed by atoms with Gasteiger partial charge in [-0.2, -0.15) is 0 Å². The Morgan fingerprint density at radius 2 is 2.05 bits per heavy atom. The van der Waals surface area contributed by atoms with Crippen molar-refractivity contribution in [2.24, 2.45) is 11.1 Å². The van der Waals surface area contributed by atoms with Crippen molar-refractivity contribution in [2.45, 2.75) is 24.7 Å². The molecule has 6 heteroatoms. The van der Waals surface area contributed by atoms with E-state index >= 15 is 0 Å². The Balaban J connectivity index is 1.79. The lowest BCUT2D eigenvalue weighted by Gasteiger charge is -2.30. The van der Waals surface area contributed by atoms with Crippen LogP contribution in [0.25, 0.3) is 0 Å². The van der Waals surface area contributed by atoms with Gasteiger partial charge in [-0.3, -0.25) is 4.90 Å². The Labute approximate surface area is 120 Å². The van der Waals surface area contributed by atoms with Crippen LogP contribution in [0.4, 0.5) is 0 Å². The number of piperidine rings is 1. The number of hydrogen-bond donors (Lipinski definition) is 1. The number of likely N-dealkylation sites (tertiary alicyclic amines) is 1. The standard InChI is InChI=1S/C14H22N2O3S/c1-12-3-2-8-16(11-12)9-10-19-13-4-6-14(7-5-13)20(15,17)18/h4-7,12H,2-3,8-11H2,1H3,(H2,15,17,18). The van der Waals surface area contributed by atoms with Gasteiger partial charge in [0.25, 0.3) is 0 Å². The summed E-state index contributed by atoms with van der Waals surface area (Å²) in [6, 6.07) is 6.21. The van der Waals surface area contributed by atoms with E-state index < -0.39 is 10.0 Å². The number of ether oxygens (including phenoxy) is 1. The van der Waals surface area contributed by atoms with E-state index in [2.05, 4.69) is 11.8 Å². The van der Waals surface area contributed by atoms with E-state index in [1.54, 1.807) is 12.1 Å². The zero-order valence-corrected chi connectivity index (χ0v) is 12.6. The molecule has 0 aromatic heterocycles. The highest BCUT2D eigenvalue weighted by Gasteiger charge is 2.15. The summed E-state index contributed by atoms with van der Waals surface area (Å²) < 4.78 is 27.9. The molecule has 1 atom stereocenters. The van der Waals surface area contributed by atoms with Crippen molar-refractivity contribution in [3.8, 4) is 5.75 Å². The van der Waals surface area contributed by atoms with Gasteiger partial charge in [0.1, 0.15) is 12.4 Å². The first-order chi connectivity index (χ1) is 9.45. The summed E-state index contributed by atoms with van der Waals surface area (Å²) in [6.45, 7) is 6.06. The number of nitrogens with zero attached hydrogens (tertiary/aromatic N) is 1. The predicted octanol–water partition coefficient (Wildman–Crippen LogP) is 1.44. The maximum Gasteiger partial charge on any atom is 0.238 e. The van der Waals surface area contributed by atoms with Crippen molar-refractivity contribution < 1.29 is 13.2 Å². The van der Waals surface area contributed by atoms with E-state index in [1.807, 2.05) is 0 Å². The fraction of sp³-hybridized carbons (Fsp3) is 0.571. The highest BCUT2D eigenvalue weighted by atomic mass is 32.2. The van der Waals surface area contributed by atoms with Crippen molar-refractivity contribution in [3.05, 3.63) is 24.3 Å². The lowest BCUT2D eigenvalue weighted by atomic mass is 10.0. The zero-order chi connectivity index (χ0) is 14.6. The van der Waals surface area contributed by atoms with Gasteiger partial charge >= 0.3 is 0 Å². The maximum atomic E-state index is 11.1. The van der Waals surface area contributed by atoms with Gasteiger partial charge in [-0.25, -0.2) is 13.6 Å². The Bertz CT molecular complexity index is 528. The van der Waals surface area contributed by atoms with Gasteiger partial charge in [-0.15, -0.1) is 0 Å². The molecule has 1 saturated heterocycles. The molecule has 20 heavy (non-hydrogen) atoms. The monoisotopic (exact) mass is 298 g/mol. The number of rotatable bonds is 5. The molecule has 1 fully saturated rings. The quantitative estimate of drug-likeness (QED) is 0.893. The van der Waals surface area contributed by atoms with Crippen LogP contribution in [-0.2, 0) is 10.0 Å². The van der Waals surface area contributed by atoms with Gasteiger partial charge in [-0.05, 0) is 49.6 Å². The molecule has 0 bridgehead atoms. The van der Waals surface area contributed by atoms with Crippen LogP contribution in [0.5, 0.6) is 5.75 Å². The van der Waals surface area contributed by atoms with Crippen LogP contribution in [0.1, 0.15) is 19.8 Å². The normalized spacial score (nSPS) is 20.8. The number of primary sulfonamides is 1. The molecule has 1 aromatic carbocycles. The molecule has 5 nitrogen and oxygen atoms in total. The van der Waals surface area contributed by atoms with Crippen LogP contribution >= 0.6 is 0 Å². The minimum atomic E-state index is -3.63. The van der Waals surface area contributed by atoms with Gasteiger partial charge in [0.2, 0.25) is 10.0 Å². The number of hydrogen-bond acceptors (Lipinski definition) is 4. The highest BCUT2D eigenvalue weighted by Crippen LogP contribution is 2.16. The van der Waals surface area contributed by atoms with Gasteiger partial charge < -0.3 is 4.74 Å². The summed E-state index contributed by atoms with van der Waals surface area (Å²) in [7, 11) is -3.63. The maximum absolute atomic E-state index is 11.1. The molecule has 112 valence electrons. The summed E-state index contributed by atoms with van der Waals surface area (Å²) in [5, 5.41) is 5.04. The molecule has 1 aliphatic rings. The molecule has 1 aromatic rings. The van der Waals surface area contributed by atoms with Crippen LogP contribution in [0.15, 0.2) is 29.2 Å². The van der Waals surface area contributed by atoms with Crippen LogP contribution < -0.4 is 9.88 Å².